The molecule has 0 atom stereocenters. The molecular formula is C17H21NO5. The van der Waals surface area contributed by atoms with E-state index < -0.39 is 5.97 Å². The van der Waals surface area contributed by atoms with Gasteiger partial charge in [0.05, 0.1) is 0 Å². The van der Waals surface area contributed by atoms with E-state index in [0.717, 1.165) is 25.7 Å². The van der Waals surface area contributed by atoms with Crippen LogP contribution in [0.2, 0.25) is 0 Å². The van der Waals surface area contributed by atoms with Crippen LogP contribution in [-0.4, -0.2) is 36.9 Å². The van der Waals surface area contributed by atoms with E-state index in [-0.39, 0.29) is 30.9 Å². The molecule has 0 saturated heterocycles. The Morgan fingerprint density at radius 2 is 1.74 bits per heavy atom. The molecule has 1 aromatic rings. The van der Waals surface area contributed by atoms with Crippen LogP contribution in [0.1, 0.15) is 43.0 Å². The fraction of sp³-hybridized carbons (Fsp3) is 0.471. The highest BCUT2D eigenvalue weighted by molar-refractivity contribution is 5.94. The summed E-state index contributed by atoms with van der Waals surface area (Å²) in [5.41, 5.74) is 0.573. The molecule has 0 unspecified atom stereocenters. The number of nitrogens with one attached hydrogen (secondary N) is 1. The molecule has 0 aliphatic heterocycles. The van der Waals surface area contributed by atoms with Crippen molar-refractivity contribution in [3.63, 3.8) is 0 Å². The van der Waals surface area contributed by atoms with Crippen LogP contribution in [0.25, 0.3) is 0 Å². The molecule has 2 rings (SSSR count). The number of ketones is 1. The van der Waals surface area contributed by atoms with Gasteiger partial charge >= 0.3 is 5.97 Å². The molecule has 0 spiro atoms. The normalized spacial score (nSPS) is 14.3. The smallest absolute Gasteiger partial charge is 0.344 e. The number of carbonyl (C=O) groups is 3. The summed E-state index contributed by atoms with van der Waals surface area (Å²) in [5.74, 6) is -0.468. The van der Waals surface area contributed by atoms with Crippen molar-refractivity contribution in [3.8, 4) is 5.75 Å². The number of hydrogen-bond donors (Lipinski definition) is 1. The van der Waals surface area contributed by atoms with E-state index in [1.165, 1.54) is 6.92 Å². The number of esters is 1. The molecule has 1 saturated carbocycles. The van der Waals surface area contributed by atoms with Crippen molar-refractivity contribution in [2.45, 2.75) is 38.6 Å². The van der Waals surface area contributed by atoms with Gasteiger partial charge in [-0.3, -0.25) is 9.59 Å². The molecule has 1 aliphatic rings. The maximum absolute atomic E-state index is 11.6. The summed E-state index contributed by atoms with van der Waals surface area (Å²) in [6.07, 6.45) is 4.22. The van der Waals surface area contributed by atoms with E-state index >= 15 is 0 Å². The third kappa shape index (κ3) is 5.73. The Balaban J connectivity index is 1.66. The maximum atomic E-state index is 11.6. The molecule has 23 heavy (non-hydrogen) atoms. The zero-order chi connectivity index (χ0) is 16.7. The summed E-state index contributed by atoms with van der Waals surface area (Å²) >= 11 is 0. The summed E-state index contributed by atoms with van der Waals surface area (Å²) in [6.45, 7) is 0.905. The van der Waals surface area contributed by atoms with Gasteiger partial charge in [0.25, 0.3) is 5.91 Å². The second-order valence-corrected chi connectivity index (χ2v) is 5.58. The zero-order valence-electron chi connectivity index (χ0n) is 13.2. The van der Waals surface area contributed by atoms with E-state index in [0.29, 0.717) is 11.3 Å². The molecule has 1 fully saturated rings. The average Bonchev–Trinajstić information content (AvgIpc) is 3.04. The van der Waals surface area contributed by atoms with Gasteiger partial charge in [-0.05, 0) is 44.0 Å². The second-order valence-electron chi connectivity index (χ2n) is 5.58. The third-order valence-corrected chi connectivity index (χ3v) is 3.70. The molecule has 6 heteroatoms. The average molecular weight is 319 g/mol. The first-order valence-corrected chi connectivity index (χ1v) is 7.73. The Morgan fingerprint density at radius 3 is 2.35 bits per heavy atom. The number of benzene rings is 1. The van der Waals surface area contributed by atoms with Gasteiger partial charge in [-0.25, -0.2) is 4.79 Å². The minimum absolute atomic E-state index is 0.0377. The summed E-state index contributed by atoms with van der Waals surface area (Å²) in [7, 11) is 0. The van der Waals surface area contributed by atoms with E-state index in [4.69, 9.17) is 9.47 Å². The molecule has 0 radical (unpaired) electrons. The third-order valence-electron chi connectivity index (χ3n) is 3.70. The number of carbonyl (C=O) groups excluding carboxylic acids is 3. The monoisotopic (exact) mass is 319 g/mol. The number of rotatable bonds is 7. The quantitative estimate of drug-likeness (QED) is 0.613. The summed E-state index contributed by atoms with van der Waals surface area (Å²) in [5, 5.41) is 2.84. The first kappa shape index (κ1) is 17.0. The maximum Gasteiger partial charge on any atom is 0.344 e. The summed E-state index contributed by atoms with van der Waals surface area (Å²) in [4.78, 5) is 34.3. The van der Waals surface area contributed by atoms with Crippen LogP contribution >= 0.6 is 0 Å². The van der Waals surface area contributed by atoms with E-state index in [1.54, 1.807) is 24.3 Å². The van der Waals surface area contributed by atoms with Crippen LogP contribution in [-0.2, 0) is 14.3 Å². The standard InChI is InChI=1S/C17H21NO5/c1-12(19)13-6-8-15(9-7-13)22-11-17(21)23-10-16(20)18-14-4-2-3-5-14/h6-9,14H,2-5,10-11H2,1H3,(H,18,20). The van der Waals surface area contributed by atoms with Gasteiger partial charge in [-0.2, -0.15) is 0 Å². The van der Waals surface area contributed by atoms with Gasteiger partial charge in [0, 0.05) is 11.6 Å². The fourth-order valence-electron chi connectivity index (χ4n) is 2.46. The van der Waals surface area contributed by atoms with Crippen molar-refractivity contribution in [2.75, 3.05) is 13.2 Å². The van der Waals surface area contributed by atoms with E-state index in [2.05, 4.69) is 5.32 Å². The minimum atomic E-state index is -0.609. The molecule has 0 aromatic heterocycles. The van der Waals surface area contributed by atoms with Crippen molar-refractivity contribution in [3.05, 3.63) is 29.8 Å². The lowest BCUT2D eigenvalue weighted by molar-refractivity contribution is -0.150. The van der Waals surface area contributed by atoms with Crippen LogP contribution in [0.4, 0.5) is 0 Å². The Bertz CT molecular complexity index is 561. The van der Waals surface area contributed by atoms with Gasteiger partial charge in [-0.1, -0.05) is 12.8 Å². The van der Waals surface area contributed by atoms with Crippen LogP contribution in [0.3, 0.4) is 0 Å². The predicted molar refractivity (Wildman–Crippen MR) is 83.3 cm³/mol. The van der Waals surface area contributed by atoms with Gasteiger partial charge in [0.1, 0.15) is 5.75 Å². The number of Topliss-reactive ketones (excluding diaryl/α,β-unsaturated/α-hetero) is 1. The van der Waals surface area contributed by atoms with Crippen molar-refractivity contribution >= 4 is 17.7 Å². The SMILES string of the molecule is CC(=O)c1ccc(OCC(=O)OCC(=O)NC2CCCC2)cc1. The lowest BCUT2D eigenvalue weighted by Gasteiger charge is -2.12. The van der Waals surface area contributed by atoms with Crippen molar-refractivity contribution in [1.29, 1.82) is 0 Å². The largest absolute Gasteiger partial charge is 0.482 e. The molecule has 1 N–H and O–H groups in total. The van der Waals surface area contributed by atoms with Crippen LogP contribution in [0.5, 0.6) is 5.75 Å². The van der Waals surface area contributed by atoms with Crippen molar-refractivity contribution < 1.29 is 23.9 Å². The highest BCUT2D eigenvalue weighted by Gasteiger charge is 2.17. The van der Waals surface area contributed by atoms with Crippen LogP contribution in [0, 0.1) is 0 Å². The molecule has 124 valence electrons. The molecule has 0 heterocycles. The van der Waals surface area contributed by atoms with Crippen LogP contribution in [0.15, 0.2) is 24.3 Å². The molecule has 1 amide bonds. The Morgan fingerprint density at radius 1 is 1.09 bits per heavy atom. The van der Waals surface area contributed by atoms with Crippen molar-refractivity contribution in [2.24, 2.45) is 0 Å². The number of amides is 1. The first-order chi connectivity index (χ1) is 11.0. The first-order valence-electron chi connectivity index (χ1n) is 7.73. The van der Waals surface area contributed by atoms with E-state index in [1.807, 2.05) is 0 Å². The Hall–Kier alpha value is -2.37. The zero-order valence-corrected chi connectivity index (χ0v) is 13.2. The Labute approximate surface area is 135 Å². The fourth-order valence-corrected chi connectivity index (χ4v) is 2.46. The lowest BCUT2D eigenvalue weighted by atomic mass is 10.1. The number of ether oxygens (including phenoxy) is 2. The molecule has 0 bridgehead atoms. The Kier molecular flexibility index (Phi) is 6.14. The second kappa shape index (κ2) is 8.31. The summed E-state index contributed by atoms with van der Waals surface area (Å²) in [6, 6.07) is 6.67. The minimum Gasteiger partial charge on any atom is -0.482 e. The highest BCUT2D eigenvalue weighted by Crippen LogP contribution is 2.17. The predicted octanol–water partition coefficient (Wildman–Crippen LogP) is 1.87. The van der Waals surface area contributed by atoms with E-state index in [9.17, 15) is 14.4 Å². The van der Waals surface area contributed by atoms with Gasteiger partial charge < -0.3 is 14.8 Å². The lowest BCUT2D eigenvalue weighted by Crippen LogP contribution is -2.36. The van der Waals surface area contributed by atoms with Crippen LogP contribution < -0.4 is 10.1 Å². The molecule has 6 nitrogen and oxygen atoms in total. The molecular weight excluding hydrogens is 298 g/mol. The van der Waals surface area contributed by atoms with Gasteiger partial charge in [-0.15, -0.1) is 0 Å². The molecule has 1 aliphatic carbocycles. The van der Waals surface area contributed by atoms with Gasteiger partial charge in [0.15, 0.2) is 19.0 Å². The van der Waals surface area contributed by atoms with Crippen molar-refractivity contribution in [1.82, 2.24) is 5.32 Å². The van der Waals surface area contributed by atoms with Gasteiger partial charge in [0.2, 0.25) is 0 Å². The molecule has 1 aromatic carbocycles. The highest BCUT2D eigenvalue weighted by atomic mass is 16.6. The topological polar surface area (TPSA) is 81.7 Å². The summed E-state index contributed by atoms with van der Waals surface area (Å²) < 4.78 is 10.1. The number of hydrogen-bond acceptors (Lipinski definition) is 5.